The van der Waals surface area contributed by atoms with Crippen molar-refractivity contribution in [3.8, 4) is 0 Å². The van der Waals surface area contributed by atoms with Crippen LogP contribution in [0, 0.1) is 0 Å². The van der Waals surface area contributed by atoms with E-state index in [1.807, 2.05) is 0 Å². The Hall–Kier alpha value is -1.12. The number of hydrogen-bond acceptors (Lipinski definition) is 28. The van der Waals surface area contributed by atoms with Crippen LogP contribution in [-0.4, -0.2) is 292 Å². The van der Waals surface area contributed by atoms with E-state index in [2.05, 4.69) is 0 Å². The molecule has 356 valence electrons. The summed E-state index contributed by atoms with van der Waals surface area (Å²) in [6.45, 7) is -4.29. The minimum atomic E-state index is -2.04. The summed E-state index contributed by atoms with van der Waals surface area (Å²) in [6.07, 6.45) is -47.9. The first-order valence-corrected chi connectivity index (χ1v) is 19.4. The van der Waals surface area contributed by atoms with E-state index in [0.717, 1.165) is 0 Å². The molecule has 0 saturated carbocycles. The van der Waals surface area contributed by atoms with Crippen molar-refractivity contribution in [2.24, 2.45) is 0 Å². The Labute approximate surface area is 344 Å². The van der Waals surface area contributed by atoms with Gasteiger partial charge in [0, 0.05) is 0 Å². The van der Waals surface area contributed by atoms with Crippen LogP contribution in [0.25, 0.3) is 0 Å². The molecule has 61 heavy (non-hydrogen) atoms. The average Bonchev–Trinajstić information content (AvgIpc) is 3.24. The fourth-order valence-corrected chi connectivity index (χ4v) is 7.64. The van der Waals surface area contributed by atoms with Gasteiger partial charge in [0.25, 0.3) is 0 Å². The Bertz CT molecular complexity index is 1360. The lowest BCUT2D eigenvalue weighted by molar-refractivity contribution is -0.384. The van der Waals surface area contributed by atoms with Crippen molar-refractivity contribution in [2.75, 3.05) is 39.6 Å². The molecule has 0 spiro atoms. The van der Waals surface area contributed by atoms with Crippen molar-refractivity contribution in [1.29, 1.82) is 0 Å². The maximum Gasteiger partial charge on any atom is 0.187 e. The normalized spacial score (nSPS) is 53.8. The van der Waals surface area contributed by atoms with Gasteiger partial charge in [-0.15, -0.1) is 0 Å². The second-order valence-corrected chi connectivity index (χ2v) is 15.4. The summed E-state index contributed by atoms with van der Waals surface area (Å²) >= 11 is 0. The van der Waals surface area contributed by atoms with Gasteiger partial charge >= 0.3 is 0 Å². The third-order valence-corrected chi connectivity index (χ3v) is 11.3. The van der Waals surface area contributed by atoms with Gasteiger partial charge in [0.2, 0.25) is 0 Å². The third-order valence-electron chi connectivity index (χ3n) is 11.3. The van der Waals surface area contributed by atoms with Crippen molar-refractivity contribution < 1.29 is 139 Å². The summed E-state index contributed by atoms with van der Waals surface area (Å²) in [7, 11) is 0. The van der Waals surface area contributed by atoms with E-state index >= 15 is 0 Å². The van der Waals surface area contributed by atoms with Gasteiger partial charge in [0.05, 0.1) is 39.6 Å². The van der Waals surface area contributed by atoms with Gasteiger partial charge in [0.15, 0.2) is 37.7 Å². The molecule has 6 saturated heterocycles. The maximum absolute atomic E-state index is 11.2. The first-order chi connectivity index (χ1) is 28.9. The first kappa shape index (κ1) is 49.3. The lowest BCUT2D eigenvalue weighted by Crippen LogP contribution is -2.66. The molecule has 0 radical (unpaired) electrons. The number of hydrogen-bond donors (Lipinski definition) is 17. The summed E-state index contributed by atoms with van der Waals surface area (Å²) in [4.78, 5) is 0. The second kappa shape index (κ2) is 21.0. The van der Waals surface area contributed by atoms with Crippen LogP contribution < -0.4 is 0 Å². The van der Waals surface area contributed by atoms with E-state index in [1.54, 1.807) is 0 Å². The lowest BCUT2D eigenvalue weighted by Gasteiger charge is -2.48. The van der Waals surface area contributed by atoms with Crippen molar-refractivity contribution in [3.63, 3.8) is 0 Å². The molecule has 0 unspecified atom stereocenters. The molecule has 6 aliphatic rings. The minimum absolute atomic E-state index is 0.483. The molecule has 0 bridgehead atoms. The van der Waals surface area contributed by atoms with Crippen molar-refractivity contribution in [1.82, 2.24) is 0 Å². The Morgan fingerprint density at radius 1 is 0.328 bits per heavy atom. The Morgan fingerprint density at radius 3 is 1.41 bits per heavy atom. The van der Waals surface area contributed by atoms with E-state index in [0.29, 0.717) is 0 Å². The van der Waals surface area contributed by atoms with Crippen molar-refractivity contribution >= 4 is 0 Å². The molecule has 0 aromatic carbocycles. The summed E-state index contributed by atoms with van der Waals surface area (Å²) in [6, 6.07) is 0. The highest BCUT2D eigenvalue weighted by molar-refractivity contribution is 4.97. The van der Waals surface area contributed by atoms with Crippen molar-refractivity contribution in [2.45, 2.75) is 166 Å². The average molecular weight is 901 g/mol. The summed E-state index contributed by atoms with van der Waals surface area (Å²) in [5.41, 5.74) is 0. The van der Waals surface area contributed by atoms with Gasteiger partial charge in [-0.05, 0) is 0 Å². The Kier molecular flexibility index (Phi) is 17.0. The highest BCUT2D eigenvalue weighted by atomic mass is 16.8. The van der Waals surface area contributed by atoms with Gasteiger partial charge in [-0.2, -0.15) is 0 Å². The molecule has 0 aromatic heterocycles. The van der Waals surface area contributed by atoms with Gasteiger partial charge in [-0.1, -0.05) is 0 Å². The molecule has 6 aliphatic heterocycles. The smallest absolute Gasteiger partial charge is 0.187 e. The molecular weight excluding hydrogens is 844 g/mol. The monoisotopic (exact) mass is 900 g/mol. The molecule has 17 N–H and O–H groups in total. The Balaban J connectivity index is 1.06. The fraction of sp³-hybridized carbons (Fsp3) is 1.00. The molecule has 0 aromatic rings. The van der Waals surface area contributed by atoms with E-state index in [4.69, 9.17) is 52.1 Å². The first-order valence-electron chi connectivity index (χ1n) is 19.4. The zero-order chi connectivity index (χ0) is 44.6. The summed E-state index contributed by atoms with van der Waals surface area (Å²) in [5, 5.41) is 178. The van der Waals surface area contributed by atoms with Crippen LogP contribution in [0.5, 0.6) is 0 Å². The van der Waals surface area contributed by atoms with E-state index < -0.39 is 206 Å². The van der Waals surface area contributed by atoms with E-state index in [-0.39, 0.29) is 0 Å². The quantitative estimate of drug-likeness (QED) is 0.0816. The molecule has 6 rings (SSSR count). The van der Waals surface area contributed by atoms with Crippen LogP contribution in [0.15, 0.2) is 0 Å². The zero-order valence-electron chi connectivity index (χ0n) is 31.9. The second-order valence-electron chi connectivity index (χ2n) is 15.4. The van der Waals surface area contributed by atoms with Crippen LogP contribution in [0.2, 0.25) is 0 Å². The van der Waals surface area contributed by atoms with E-state index in [1.165, 1.54) is 0 Å². The highest BCUT2D eigenvalue weighted by Gasteiger charge is 2.55. The van der Waals surface area contributed by atoms with Crippen LogP contribution in [0.1, 0.15) is 0 Å². The molecule has 0 aliphatic carbocycles. The topological polar surface area (TPSA) is 445 Å². The van der Waals surface area contributed by atoms with Gasteiger partial charge in [0.1, 0.15) is 128 Å². The summed E-state index contributed by atoms with van der Waals surface area (Å²) in [5.74, 6) is 0. The predicted octanol–water partition coefficient (Wildman–Crippen LogP) is -12.2. The van der Waals surface area contributed by atoms with Crippen molar-refractivity contribution in [3.05, 3.63) is 0 Å². The summed E-state index contributed by atoms with van der Waals surface area (Å²) < 4.78 is 60.2. The van der Waals surface area contributed by atoms with Gasteiger partial charge < -0.3 is 139 Å². The van der Waals surface area contributed by atoms with Crippen LogP contribution >= 0.6 is 0 Å². The predicted molar refractivity (Wildman–Crippen MR) is 181 cm³/mol. The molecule has 0 amide bonds. The number of ether oxygens (including phenoxy) is 11. The zero-order valence-corrected chi connectivity index (χ0v) is 31.9. The molecule has 28 heteroatoms. The third kappa shape index (κ3) is 10.3. The van der Waals surface area contributed by atoms with Crippen LogP contribution in [-0.2, 0) is 52.1 Å². The fourth-order valence-electron chi connectivity index (χ4n) is 7.64. The number of aliphatic hydroxyl groups is 17. The molecule has 6 fully saturated rings. The van der Waals surface area contributed by atoms with E-state index in [9.17, 15) is 86.8 Å². The largest absolute Gasteiger partial charge is 0.394 e. The maximum atomic E-state index is 11.2. The number of aliphatic hydroxyl groups excluding tert-OH is 17. The van der Waals surface area contributed by atoms with Gasteiger partial charge in [-0.3, -0.25) is 0 Å². The van der Waals surface area contributed by atoms with Crippen LogP contribution in [0.3, 0.4) is 0 Å². The minimum Gasteiger partial charge on any atom is -0.394 e. The van der Waals surface area contributed by atoms with Crippen LogP contribution in [0.4, 0.5) is 0 Å². The Morgan fingerprint density at radius 2 is 0.787 bits per heavy atom. The van der Waals surface area contributed by atoms with Gasteiger partial charge in [-0.25, -0.2) is 0 Å². The molecule has 6 heterocycles. The molecule has 28 nitrogen and oxygen atoms in total. The number of rotatable bonds is 13. The highest BCUT2D eigenvalue weighted by Crippen LogP contribution is 2.34. The lowest BCUT2D eigenvalue weighted by atomic mass is 9.96. The molecular formula is C33H56O28. The SMILES string of the molecule is OC[C@@H]1O[C@@H](O)[C@@H](O[C@@H]2OC[C@@H](O)[C@H](O)[C@H]2O)[C@H](O)[C@@H]1O[C@@H]1OC[C@@H](O[C@@H]2OC[C@@H](O)[C@H](O[C@@H]3O[C@H](CO)[C@@H](O)[C@H](O[C@H]4O[C@H](CO)[C@H](O)[C@H](O)[C@H]4O)[C@H]3O)[C@H]2O)[C@H](O)[C@H]1O. The molecule has 27 atom stereocenters. The standard InChI is InChI=1S/C33H56O28/c34-1-9-14(40)17(43)20(46)32(55-9)60-26-16(42)10(2-35)56-33(23(26)49)58-24-8(38)5-52-31(22(24)48)57-12-6-53-30(19(45)15(12)41)59-25-11(3-36)54-28(50)27(21(25)47)61-29-18(44)13(39)7(37)4-51-29/h7-50H,1-6H2/t7-,8-,9-,10-,11+,12-,13+,14+,15+,16-,17+,18-,19-,20-,21-,22-,23-,24+,25-,26+,27+,28-,29+,30+,31+,32-,33+/m1/s1.